The number of anilines is 1. The average molecular weight is 468 g/mol. The maximum absolute atomic E-state index is 12.4. The predicted octanol–water partition coefficient (Wildman–Crippen LogP) is 3.26. The van der Waals surface area contributed by atoms with Crippen LogP contribution in [-0.4, -0.2) is 60.1 Å². The average Bonchev–Trinajstić information content (AvgIpc) is 2.99. The Balaban J connectivity index is 1.43. The van der Waals surface area contributed by atoms with Crippen LogP contribution in [0.25, 0.3) is 0 Å². The molecule has 162 valence electrons. The molecule has 2 N–H and O–H groups in total. The molecule has 2 aromatic heterocycles. The Morgan fingerprint density at radius 2 is 2.00 bits per heavy atom. The molecule has 2 saturated heterocycles. The first kappa shape index (κ1) is 22.0. The van der Waals surface area contributed by atoms with Gasteiger partial charge in [-0.2, -0.15) is 0 Å². The van der Waals surface area contributed by atoms with Gasteiger partial charge in [0.25, 0.3) is 0 Å². The molecule has 30 heavy (non-hydrogen) atoms. The Labute approximate surface area is 186 Å². The number of nitrogens with zero attached hydrogens (tertiary/aromatic N) is 4. The number of nitrogens with two attached hydrogens (primary N) is 1. The zero-order valence-corrected chi connectivity index (χ0v) is 19.9. The van der Waals surface area contributed by atoms with Crippen molar-refractivity contribution in [1.29, 1.82) is 0 Å². The number of piperidine rings is 1. The molecule has 2 atom stereocenters. The molecule has 4 rings (SSSR count). The van der Waals surface area contributed by atoms with Crippen molar-refractivity contribution in [2.24, 2.45) is 11.1 Å². The largest absolute Gasteiger partial charge is 0.376 e. The van der Waals surface area contributed by atoms with E-state index in [1.54, 1.807) is 38.0 Å². The molecule has 2 aliphatic rings. The minimum Gasteiger partial charge on any atom is -0.376 e. The summed E-state index contributed by atoms with van der Waals surface area (Å²) in [5.41, 5.74) is 6.49. The standard InChI is InChI=1S/C20H27ClN5O2PS/c1-13-18(22)20(12-28-13)5-8-26(9-6-20)15-10-25-16(11-24-15)30-19-17(21)14(4-7-23-19)29(2,3)27/h4,7,10-11,13,18H,5-6,8-9,12,22H2,1-3H3/t13-,18+/m0/s1. The summed E-state index contributed by atoms with van der Waals surface area (Å²) in [4.78, 5) is 15.7. The zero-order chi connectivity index (χ0) is 21.5. The van der Waals surface area contributed by atoms with Crippen LogP contribution in [0.3, 0.4) is 0 Å². The normalized spacial score (nSPS) is 23.8. The van der Waals surface area contributed by atoms with Gasteiger partial charge >= 0.3 is 0 Å². The van der Waals surface area contributed by atoms with Crippen molar-refractivity contribution >= 4 is 41.6 Å². The summed E-state index contributed by atoms with van der Waals surface area (Å²) in [7, 11) is -2.48. The Bertz CT molecular complexity index is 962. The van der Waals surface area contributed by atoms with Crippen LogP contribution in [0, 0.1) is 5.41 Å². The van der Waals surface area contributed by atoms with E-state index >= 15 is 0 Å². The lowest BCUT2D eigenvalue weighted by atomic mass is 9.73. The third-order valence-electron chi connectivity index (χ3n) is 6.16. The molecule has 0 aliphatic carbocycles. The van der Waals surface area contributed by atoms with E-state index in [1.165, 1.54) is 11.8 Å². The van der Waals surface area contributed by atoms with E-state index in [-0.39, 0.29) is 17.6 Å². The maximum Gasteiger partial charge on any atom is 0.147 e. The molecule has 2 aliphatic heterocycles. The fraction of sp³-hybridized carbons (Fsp3) is 0.550. The van der Waals surface area contributed by atoms with Gasteiger partial charge < -0.3 is 19.9 Å². The number of pyridine rings is 1. The molecule has 0 unspecified atom stereocenters. The van der Waals surface area contributed by atoms with Crippen molar-refractivity contribution in [3.8, 4) is 0 Å². The van der Waals surface area contributed by atoms with Crippen molar-refractivity contribution in [3.05, 3.63) is 29.7 Å². The van der Waals surface area contributed by atoms with Gasteiger partial charge in [0.15, 0.2) is 0 Å². The van der Waals surface area contributed by atoms with Gasteiger partial charge in [-0.1, -0.05) is 11.6 Å². The molecule has 4 heterocycles. The van der Waals surface area contributed by atoms with Crippen LogP contribution >= 0.6 is 30.5 Å². The second-order valence-corrected chi connectivity index (χ2v) is 13.1. The highest BCUT2D eigenvalue weighted by Crippen LogP contribution is 2.42. The second-order valence-electron chi connectivity index (χ2n) is 8.51. The van der Waals surface area contributed by atoms with E-state index in [1.807, 2.05) is 0 Å². The van der Waals surface area contributed by atoms with Gasteiger partial charge in [-0.15, -0.1) is 0 Å². The van der Waals surface area contributed by atoms with Crippen LogP contribution in [-0.2, 0) is 9.30 Å². The summed E-state index contributed by atoms with van der Waals surface area (Å²) < 4.78 is 18.2. The predicted molar refractivity (Wildman–Crippen MR) is 122 cm³/mol. The summed E-state index contributed by atoms with van der Waals surface area (Å²) in [5, 5.41) is 2.34. The van der Waals surface area contributed by atoms with Crippen LogP contribution in [0.2, 0.25) is 5.02 Å². The number of hydrogen-bond donors (Lipinski definition) is 1. The van der Waals surface area contributed by atoms with Crippen molar-refractivity contribution in [2.75, 3.05) is 37.9 Å². The number of hydrogen-bond acceptors (Lipinski definition) is 8. The van der Waals surface area contributed by atoms with Gasteiger partial charge in [0.1, 0.15) is 23.0 Å². The Morgan fingerprint density at radius 1 is 1.27 bits per heavy atom. The van der Waals surface area contributed by atoms with E-state index in [0.29, 0.717) is 20.4 Å². The Morgan fingerprint density at radius 3 is 2.57 bits per heavy atom. The fourth-order valence-electron chi connectivity index (χ4n) is 4.18. The number of rotatable bonds is 4. The number of halogens is 1. The van der Waals surface area contributed by atoms with E-state index in [2.05, 4.69) is 26.8 Å². The minimum atomic E-state index is -2.48. The smallest absolute Gasteiger partial charge is 0.147 e. The van der Waals surface area contributed by atoms with Crippen LogP contribution in [0.4, 0.5) is 5.82 Å². The summed E-state index contributed by atoms with van der Waals surface area (Å²) in [6.07, 6.45) is 7.28. The summed E-state index contributed by atoms with van der Waals surface area (Å²) in [5.74, 6) is 0.856. The van der Waals surface area contributed by atoms with E-state index in [0.717, 1.165) is 38.4 Å². The molecule has 0 radical (unpaired) electrons. The van der Waals surface area contributed by atoms with Crippen LogP contribution in [0.5, 0.6) is 0 Å². The minimum absolute atomic E-state index is 0.0879. The van der Waals surface area contributed by atoms with Crippen molar-refractivity contribution < 1.29 is 9.30 Å². The van der Waals surface area contributed by atoms with Gasteiger partial charge in [0, 0.05) is 36.0 Å². The third-order valence-corrected chi connectivity index (χ3v) is 9.24. The van der Waals surface area contributed by atoms with Crippen LogP contribution in [0.15, 0.2) is 34.7 Å². The molecule has 7 nitrogen and oxygen atoms in total. The van der Waals surface area contributed by atoms with E-state index in [4.69, 9.17) is 22.1 Å². The van der Waals surface area contributed by atoms with Crippen molar-refractivity contribution in [3.63, 3.8) is 0 Å². The van der Waals surface area contributed by atoms with E-state index < -0.39 is 7.14 Å². The van der Waals surface area contributed by atoms with Gasteiger partial charge in [-0.05, 0) is 50.9 Å². The SMILES string of the molecule is C[C@@H]1OCC2(CCN(c3cnc(Sc4nccc(P(C)(C)=O)c4Cl)cn3)CC2)[C@@H]1N. The fourth-order valence-corrected chi connectivity index (χ4v) is 6.82. The Kier molecular flexibility index (Phi) is 6.17. The molecule has 2 fully saturated rings. The molecular weight excluding hydrogens is 441 g/mol. The first-order chi connectivity index (χ1) is 14.2. The zero-order valence-electron chi connectivity index (χ0n) is 17.4. The van der Waals surface area contributed by atoms with E-state index in [9.17, 15) is 4.57 Å². The molecule has 0 bridgehead atoms. The molecule has 0 saturated carbocycles. The molecule has 0 amide bonds. The molecule has 10 heteroatoms. The topological polar surface area (TPSA) is 94.2 Å². The first-order valence-electron chi connectivity index (χ1n) is 10.0. The number of aromatic nitrogens is 3. The van der Waals surface area contributed by atoms with Crippen LogP contribution in [0.1, 0.15) is 19.8 Å². The third kappa shape index (κ3) is 4.26. The molecule has 0 aromatic carbocycles. The highest BCUT2D eigenvalue weighted by Gasteiger charge is 2.47. The highest BCUT2D eigenvalue weighted by molar-refractivity contribution is 7.99. The molecule has 2 aromatic rings. The van der Waals surface area contributed by atoms with Gasteiger partial charge in [0.2, 0.25) is 0 Å². The van der Waals surface area contributed by atoms with Crippen molar-refractivity contribution in [1.82, 2.24) is 15.0 Å². The van der Waals surface area contributed by atoms with Gasteiger partial charge in [0.05, 0.1) is 30.1 Å². The summed E-state index contributed by atoms with van der Waals surface area (Å²) in [6.45, 7) is 7.99. The second kappa shape index (κ2) is 8.40. The van der Waals surface area contributed by atoms with Crippen molar-refractivity contribution in [2.45, 2.75) is 42.0 Å². The monoisotopic (exact) mass is 467 g/mol. The lowest BCUT2D eigenvalue weighted by molar-refractivity contribution is 0.0974. The van der Waals surface area contributed by atoms with Gasteiger partial charge in [-0.25, -0.2) is 15.0 Å². The van der Waals surface area contributed by atoms with Crippen LogP contribution < -0.4 is 15.9 Å². The number of ether oxygens (including phenoxy) is 1. The first-order valence-corrected chi connectivity index (χ1v) is 13.8. The molecular formula is C20H27ClN5O2PS. The summed E-state index contributed by atoms with van der Waals surface area (Å²) >= 11 is 7.77. The highest BCUT2D eigenvalue weighted by atomic mass is 35.5. The lowest BCUT2D eigenvalue weighted by Gasteiger charge is -2.41. The van der Waals surface area contributed by atoms with Gasteiger partial charge in [-0.3, -0.25) is 0 Å². The molecule has 1 spiro atoms. The lowest BCUT2D eigenvalue weighted by Crippen LogP contribution is -2.50. The maximum atomic E-state index is 12.4. The Hall–Kier alpha value is -1.18. The summed E-state index contributed by atoms with van der Waals surface area (Å²) in [6, 6.07) is 1.81. The quantitative estimate of drug-likeness (QED) is 0.685.